The van der Waals surface area contributed by atoms with E-state index in [4.69, 9.17) is 0 Å². The van der Waals surface area contributed by atoms with Crippen molar-refractivity contribution in [1.82, 2.24) is 0 Å². The Morgan fingerprint density at radius 3 is 2.27 bits per heavy atom. The van der Waals surface area contributed by atoms with Gasteiger partial charge in [-0.05, 0) is 0 Å². The maximum absolute atomic E-state index is 12.4. The van der Waals surface area contributed by atoms with Gasteiger partial charge in [0.2, 0.25) is 0 Å². The molecule has 84 valence electrons. The summed E-state index contributed by atoms with van der Waals surface area (Å²) in [6.07, 6.45) is -4.38. The number of hydrogen-bond acceptors (Lipinski definition) is 1. The average Bonchev–Trinajstić information content (AvgIpc) is 2.15. The molecule has 0 bridgehead atoms. The number of Topliss-reactive ketones (excluding diaryl/α,β-unsaturated/α-hetero) is 1. The summed E-state index contributed by atoms with van der Waals surface area (Å²) in [7, 11) is 0. The van der Waals surface area contributed by atoms with Crippen molar-refractivity contribution >= 4 is 5.78 Å². The predicted molar refractivity (Wildman–Crippen MR) is 46.1 cm³/mol. The van der Waals surface area contributed by atoms with E-state index in [1.165, 1.54) is 6.92 Å². The summed E-state index contributed by atoms with van der Waals surface area (Å²) in [6.45, 7) is 1.27. The van der Waals surface area contributed by atoms with Crippen LogP contribution in [0.3, 0.4) is 0 Å². The third kappa shape index (κ3) is 3.19. The summed E-state index contributed by atoms with van der Waals surface area (Å²) in [6, 6.07) is 3.58. The molecular weight excluding hydrogens is 320 g/mol. The molecule has 1 rings (SSSR count). The Balaban J connectivity index is 3.30. The van der Waals surface area contributed by atoms with E-state index in [0.717, 1.165) is 12.1 Å². The van der Waals surface area contributed by atoms with Crippen LogP contribution in [0.1, 0.15) is 22.8 Å². The average molecular weight is 329 g/mol. The number of alkyl halides is 4. The fourth-order valence-electron chi connectivity index (χ4n) is 1.07. The molecule has 0 aliphatic heterocycles. The molecule has 0 saturated heterocycles. The maximum atomic E-state index is 12.4. The van der Waals surface area contributed by atoms with Crippen LogP contribution in [0.15, 0.2) is 18.2 Å². The fraction of sp³-hybridized carbons (Fsp3) is 0.300. The molecule has 15 heavy (non-hydrogen) atoms. The summed E-state index contributed by atoms with van der Waals surface area (Å²) >= 11 is -0.450. The van der Waals surface area contributed by atoms with Gasteiger partial charge >= 0.3 is 95.9 Å². The topological polar surface area (TPSA) is 17.1 Å². The van der Waals surface area contributed by atoms with Crippen LogP contribution >= 0.6 is 0 Å². The van der Waals surface area contributed by atoms with Crippen LogP contribution in [-0.4, -0.2) is 10.7 Å². The van der Waals surface area contributed by atoms with Crippen molar-refractivity contribution in [3.05, 3.63) is 32.9 Å². The number of hydrogen-bond donors (Lipinski definition) is 0. The summed E-state index contributed by atoms with van der Waals surface area (Å²) in [4.78, 5) is 12.9. The van der Waals surface area contributed by atoms with Gasteiger partial charge in [-0.25, -0.2) is 0 Å². The number of halogens is 4. The van der Waals surface area contributed by atoms with Crippen molar-refractivity contribution in [2.75, 3.05) is 4.93 Å². The van der Waals surface area contributed by atoms with Crippen LogP contribution < -0.4 is 21.2 Å². The van der Waals surface area contributed by atoms with Gasteiger partial charge in [0, 0.05) is 0 Å². The normalized spacial score (nSPS) is 11.8. The minimum atomic E-state index is -4.38. The zero-order valence-electron chi connectivity index (χ0n) is 8.15. The monoisotopic (exact) mass is 329 g/mol. The summed E-state index contributed by atoms with van der Waals surface area (Å²) in [5.41, 5.74) is -0.590. The molecule has 0 saturated carbocycles. The predicted octanol–water partition coefficient (Wildman–Crippen LogP) is -0.204. The molecule has 1 aromatic rings. The van der Waals surface area contributed by atoms with Gasteiger partial charge in [0.25, 0.3) is 0 Å². The molecular formula is C10H9F3IO-. The SMILES string of the molecule is C[I-]c1cc(C(C)=O)cc(C(F)(F)F)c1. The van der Waals surface area contributed by atoms with Crippen LogP contribution in [0, 0.1) is 3.57 Å². The second-order valence-electron chi connectivity index (χ2n) is 2.97. The Morgan fingerprint density at radius 2 is 1.87 bits per heavy atom. The fourth-order valence-corrected chi connectivity index (χ4v) is 2.36. The Labute approximate surface area is 95.9 Å². The number of benzene rings is 1. The van der Waals surface area contributed by atoms with E-state index in [1.54, 1.807) is 6.07 Å². The van der Waals surface area contributed by atoms with Crippen LogP contribution in [0.4, 0.5) is 13.2 Å². The van der Waals surface area contributed by atoms with Gasteiger partial charge in [0.1, 0.15) is 0 Å². The van der Waals surface area contributed by atoms with Gasteiger partial charge in [0.05, 0.1) is 0 Å². The van der Waals surface area contributed by atoms with Crippen molar-refractivity contribution in [2.24, 2.45) is 0 Å². The van der Waals surface area contributed by atoms with Crippen LogP contribution in [0.2, 0.25) is 0 Å². The van der Waals surface area contributed by atoms with Crippen LogP contribution in [0.5, 0.6) is 0 Å². The first-order valence-electron chi connectivity index (χ1n) is 4.07. The van der Waals surface area contributed by atoms with Gasteiger partial charge in [0.15, 0.2) is 0 Å². The Morgan fingerprint density at radius 1 is 1.27 bits per heavy atom. The molecule has 1 aromatic carbocycles. The third-order valence-electron chi connectivity index (χ3n) is 1.85. The Hall–Kier alpha value is -0.590. The third-order valence-corrected chi connectivity index (χ3v) is 3.72. The van der Waals surface area contributed by atoms with Gasteiger partial charge in [-0.3, -0.25) is 0 Å². The van der Waals surface area contributed by atoms with Crippen LogP contribution in [-0.2, 0) is 6.18 Å². The standard InChI is InChI=1S/C10H9F3IO/c1-6(15)7-3-8(10(11,12)13)5-9(4-7)14-2/h3-5H,1-2H3/q-1. The quantitative estimate of drug-likeness (QED) is 0.417. The summed E-state index contributed by atoms with van der Waals surface area (Å²) in [5.74, 6) is -0.334. The minimum absolute atomic E-state index is 0.140. The van der Waals surface area contributed by atoms with Crippen molar-refractivity contribution in [2.45, 2.75) is 13.1 Å². The van der Waals surface area contributed by atoms with Gasteiger partial charge < -0.3 is 0 Å². The molecule has 0 spiro atoms. The Kier molecular flexibility index (Phi) is 3.75. The molecule has 0 atom stereocenters. The summed E-state index contributed by atoms with van der Waals surface area (Å²) in [5, 5.41) is 0. The van der Waals surface area contributed by atoms with E-state index >= 15 is 0 Å². The van der Waals surface area contributed by atoms with E-state index in [1.807, 2.05) is 4.93 Å². The zero-order valence-corrected chi connectivity index (χ0v) is 10.3. The molecule has 0 aliphatic rings. The molecule has 5 heteroatoms. The van der Waals surface area contributed by atoms with Crippen molar-refractivity contribution in [3.8, 4) is 0 Å². The molecule has 0 fully saturated rings. The Bertz CT molecular complexity index is 385. The van der Waals surface area contributed by atoms with Gasteiger partial charge in [-0.15, -0.1) is 0 Å². The first-order chi connectivity index (χ1) is 6.84. The number of ketones is 1. The number of rotatable bonds is 2. The molecule has 0 radical (unpaired) electrons. The van der Waals surface area contributed by atoms with E-state index < -0.39 is 32.9 Å². The van der Waals surface area contributed by atoms with Crippen molar-refractivity contribution in [3.63, 3.8) is 0 Å². The van der Waals surface area contributed by atoms with E-state index in [-0.39, 0.29) is 11.3 Å². The van der Waals surface area contributed by atoms with Crippen molar-refractivity contribution in [1.29, 1.82) is 0 Å². The van der Waals surface area contributed by atoms with E-state index in [9.17, 15) is 18.0 Å². The molecule has 0 N–H and O–H groups in total. The molecule has 0 aromatic heterocycles. The van der Waals surface area contributed by atoms with Gasteiger partial charge in [-0.2, -0.15) is 0 Å². The number of carbonyl (C=O) groups is 1. The molecule has 0 aliphatic carbocycles. The molecule has 0 amide bonds. The first-order valence-corrected chi connectivity index (χ1v) is 7.31. The van der Waals surface area contributed by atoms with Crippen LogP contribution in [0.25, 0.3) is 0 Å². The number of carbonyl (C=O) groups excluding carboxylic acids is 1. The second kappa shape index (κ2) is 4.51. The molecule has 0 unspecified atom stereocenters. The second-order valence-corrected chi connectivity index (χ2v) is 5.30. The van der Waals surface area contributed by atoms with Crippen molar-refractivity contribution < 1.29 is 39.2 Å². The molecule has 1 nitrogen and oxygen atoms in total. The van der Waals surface area contributed by atoms with E-state index in [2.05, 4.69) is 0 Å². The van der Waals surface area contributed by atoms with Gasteiger partial charge in [-0.1, -0.05) is 0 Å². The van der Waals surface area contributed by atoms with E-state index in [0.29, 0.717) is 3.57 Å². The summed E-state index contributed by atoms with van der Waals surface area (Å²) < 4.78 is 38.0. The zero-order chi connectivity index (χ0) is 11.6. The first kappa shape index (κ1) is 12.5. The molecule has 0 heterocycles.